The van der Waals surface area contributed by atoms with Gasteiger partial charge in [0.1, 0.15) is 5.75 Å². The lowest BCUT2D eigenvalue weighted by molar-refractivity contribution is -0.123. The predicted molar refractivity (Wildman–Crippen MR) is 58.5 cm³/mol. The fourth-order valence-corrected chi connectivity index (χ4v) is 1.26. The third kappa shape index (κ3) is 3.59. The Labute approximate surface area is 89.6 Å². The molecule has 0 unspecified atom stereocenters. The van der Waals surface area contributed by atoms with Crippen molar-refractivity contribution >= 4 is 5.91 Å². The van der Waals surface area contributed by atoms with Crippen molar-refractivity contribution in [1.82, 2.24) is 10.9 Å². The van der Waals surface area contributed by atoms with Crippen LogP contribution in [0.4, 0.5) is 0 Å². The Morgan fingerprint density at radius 1 is 1.40 bits per heavy atom. The van der Waals surface area contributed by atoms with Crippen molar-refractivity contribution in [2.24, 2.45) is 0 Å². The summed E-state index contributed by atoms with van der Waals surface area (Å²) in [4.78, 5) is 11.1. The molecule has 1 aromatic rings. The quantitative estimate of drug-likeness (QED) is 0.706. The normalized spacial score (nSPS) is 9.73. The predicted octanol–water partition coefficient (Wildman–Crippen LogP) is 0.878. The van der Waals surface area contributed by atoms with Crippen LogP contribution in [0.2, 0.25) is 0 Å². The third-order valence-electron chi connectivity index (χ3n) is 1.98. The first-order valence-electron chi connectivity index (χ1n) is 4.94. The zero-order valence-electron chi connectivity index (χ0n) is 9.04. The van der Waals surface area contributed by atoms with Crippen LogP contribution < -0.4 is 15.6 Å². The summed E-state index contributed by atoms with van der Waals surface area (Å²) in [6.45, 7) is 2.08. The third-order valence-corrected chi connectivity index (χ3v) is 1.98. The monoisotopic (exact) mass is 208 g/mol. The van der Waals surface area contributed by atoms with Gasteiger partial charge in [-0.3, -0.25) is 10.2 Å². The summed E-state index contributed by atoms with van der Waals surface area (Å²) in [6.07, 6.45) is 0.893. The second-order valence-corrected chi connectivity index (χ2v) is 3.05. The van der Waals surface area contributed by atoms with Crippen LogP contribution in [-0.2, 0) is 11.2 Å². The minimum Gasteiger partial charge on any atom is -0.483 e. The van der Waals surface area contributed by atoms with Crippen LogP contribution in [-0.4, -0.2) is 19.6 Å². The highest BCUT2D eigenvalue weighted by atomic mass is 16.5. The van der Waals surface area contributed by atoms with E-state index >= 15 is 0 Å². The molecule has 0 aliphatic heterocycles. The molecule has 0 atom stereocenters. The highest BCUT2D eigenvalue weighted by molar-refractivity contribution is 5.76. The maximum Gasteiger partial charge on any atom is 0.271 e. The molecule has 0 aromatic heterocycles. The Morgan fingerprint density at radius 2 is 2.13 bits per heavy atom. The van der Waals surface area contributed by atoms with Crippen LogP contribution in [0, 0.1) is 0 Å². The highest BCUT2D eigenvalue weighted by Gasteiger charge is 2.03. The van der Waals surface area contributed by atoms with Gasteiger partial charge in [-0.1, -0.05) is 25.1 Å². The molecule has 1 aromatic carbocycles. The summed E-state index contributed by atoms with van der Waals surface area (Å²) >= 11 is 0. The van der Waals surface area contributed by atoms with Gasteiger partial charge in [0.15, 0.2) is 6.61 Å². The molecule has 0 heterocycles. The Morgan fingerprint density at radius 3 is 2.80 bits per heavy atom. The Kier molecular flexibility index (Phi) is 4.63. The number of amides is 1. The summed E-state index contributed by atoms with van der Waals surface area (Å²) in [5.41, 5.74) is 6.10. The molecule has 2 N–H and O–H groups in total. The lowest BCUT2D eigenvalue weighted by atomic mass is 10.1. The summed E-state index contributed by atoms with van der Waals surface area (Å²) in [5.74, 6) is 0.578. The highest BCUT2D eigenvalue weighted by Crippen LogP contribution is 2.17. The van der Waals surface area contributed by atoms with Crippen molar-refractivity contribution in [3.63, 3.8) is 0 Å². The van der Waals surface area contributed by atoms with Gasteiger partial charge in [-0.2, -0.15) is 0 Å². The minimum absolute atomic E-state index is 0.0256. The summed E-state index contributed by atoms with van der Waals surface area (Å²) < 4.78 is 5.39. The molecule has 0 aliphatic carbocycles. The Hall–Kier alpha value is -1.55. The fraction of sp³-hybridized carbons (Fsp3) is 0.364. The van der Waals surface area contributed by atoms with Gasteiger partial charge in [0.25, 0.3) is 5.91 Å². The summed E-state index contributed by atoms with van der Waals surface area (Å²) in [7, 11) is 1.64. The van der Waals surface area contributed by atoms with Gasteiger partial charge in [0.2, 0.25) is 0 Å². The van der Waals surface area contributed by atoms with Crippen LogP contribution >= 0.6 is 0 Å². The number of aryl methyl sites for hydroxylation is 1. The molecule has 0 aliphatic rings. The van der Waals surface area contributed by atoms with Crippen molar-refractivity contribution in [2.45, 2.75) is 13.3 Å². The molecule has 15 heavy (non-hydrogen) atoms. The van der Waals surface area contributed by atoms with Gasteiger partial charge in [-0.05, 0) is 18.1 Å². The smallest absolute Gasteiger partial charge is 0.271 e. The van der Waals surface area contributed by atoms with E-state index in [4.69, 9.17) is 4.74 Å². The molecule has 0 fully saturated rings. The number of carbonyl (C=O) groups is 1. The van der Waals surface area contributed by atoms with Crippen LogP contribution in [0.25, 0.3) is 0 Å². The van der Waals surface area contributed by atoms with Gasteiger partial charge >= 0.3 is 0 Å². The van der Waals surface area contributed by atoms with E-state index < -0.39 is 0 Å². The van der Waals surface area contributed by atoms with E-state index in [-0.39, 0.29) is 12.5 Å². The molecule has 0 radical (unpaired) electrons. The van der Waals surface area contributed by atoms with Gasteiger partial charge < -0.3 is 4.74 Å². The molecule has 0 saturated carbocycles. The van der Waals surface area contributed by atoms with Crippen LogP contribution in [0.3, 0.4) is 0 Å². The van der Waals surface area contributed by atoms with Crippen LogP contribution in [0.1, 0.15) is 12.5 Å². The maximum absolute atomic E-state index is 11.1. The molecule has 0 spiro atoms. The van der Waals surface area contributed by atoms with Gasteiger partial charge in [0.05, 0.1) is 0 Å². The summed E-state index contributed by atoms with van der Waals surface area (Å²) in [5, 5.41) is 0. The van der Waals surface area contributed by atoms with Crippen molar-refractivity contribution in [2.75, 3.05) is 13.7 Å². The van der Waals surface area contributed by atoms with E-state index in [1.54, 1.807) is 7.05 Å². The first kappa shape index (κ1) is 11.5. The van der Waals surface area contributed by atoms with Gasteiger partial charge in [-0.25, -0.2) is 5.43 Å². The van der Waals surface area contributed by atoms with E-state index in [1.165, 1.54) is 0 Å². The average Bonchev–Trinajstić information content (AvgIpc) is 2.27. The zero-order valence-corrected chi connectivity index (χ0v) is 9.04. The van der Waals surface area contributed by atoms with E-state index in [2.05, 4.69) is 17.8 Å². The van der Waals surface area contributed by atoms with Crippen molar-refractivity contribution in [3.8, 4) is 5.75 Å². The number of hydrogen-bond acceptors (Lipinski definition) is 3. The number of benzene rings is 1. The van der Waals surface area contributed by atoms with E-state index in [0.29, 0.717) is 0 Å². The van der Waals surface area contributed by atoms with Gasteiger partial charge in [-0.15, -0.1) is 0 Å². The standard InChI is InChI=1S/C11H16N2O2/c1-3-9-6-4-5-7-10(9)15-8-11(14)13-12-2/h4-7,12H,3,8H2,1-2H3,(H,13,14). The number of nitrogens with one attached hydrogen (secondary N) is 2. The summed E-state index contributed by atoms with van der Waals surface area (Å²) in [6, 6.07) is 7.71. The SMILES string of the molecule is CCc1ccccc1OCC(=O)NNC. The van der Waals surface area contributed by atoms with E-state index in [1.807, 2.05) is 24.3 Å². The van der Waals surface area contributed by atoms with Crippen molar-refractivity contribution < 1.29 is 9.53 Å². The Bertz CT molecular complexity index is 326. The van der Waals surface area contributed by atoms with Crippen molar-refractivity contribution in [3.05, 3.63) is 29.8 Å². The molecule has 4 heteroatoms. The molecule has 1 amide bonds. The Balaban J connectivity index is 2.53. The van der Waals surface area contributed by atoms with E-state index in [9.17, 15) is 4.79 Å². The molecule has 4 nitrogen and oxygen atoms in total. The molecular weight excluding hydrogens is 192 g/mol. The largest absolute Gasteiger partial charge is 0.483 e. The number of hydrazine groups is 1. The number of hydrogen-bond donors (Lipinski definition) is 2. The molecule has 1 rings (SSSR count). The first-order valence-corrected chi connectivity index (χ1v) is 4.94. The number of ether oxygens (including phenoxy) is 1. The number of carbonyl (C=O) groups excluding carboxylic acids is 1. The average molecular weight is 208 g/mol. The molecular formula is C11H16N2O2. The topological polar surface area (TPSA) is 50.4 Å². The molecule has 0 bridgehead atoms. The zero-order chi connectivity index (χ0) is 11.1. The lowest BCUT2D eigenvalue weighted by Gasteiger charge is -2.09. The maximum atomic E-state index is 11.1. The minimum atomic E-state index is -0.191. The number of rotatable bonds is 5. The second-order valence-electron chi connectivity index (χ2n) is 3.05. The van der Waals surface area contributed by atoms with Crippen LogP contribution in [0.15, 0.2) is 24.3 Å². The lowest BCUT2D eigenvalue weighted by Crippen LogP contribution is -2.37. The fourth-order valence-electron chi connectivity index (χ4n) is 1.26. The van der Waals surface area contributed by atoms with Gasteiger partial charge in [0, 0.05) is 7.05 Å². The van der Waals surface area contributed by atoms with E-state index in [0.717, 1.165) is 17.7 Å². The molecule has 82 valence electrons. The molecule has 0 saturated heterocycles. The van der Waals surface area contributed by atoms with Crippen molar-refractivity contribution in [1.29, 1.82) is 0 Å². The first-order chi connectivity index (χ1) is 7.27. The second kappa shape index (κ2) is 6.03. The van der Waals surface area contributed by atoms with Crippen LogP contribution in [0.5, 0.6) is 5.75 Å². The number of para-hydroxylation sites is 1.